The summed E-state index contributed by atoms with van der Waals surface area (Å²) in [6.07, 6.45) is 1.06. The molecule has 0 saturated carbocycles. The molecule has 0 unspecified atom stereocenters. The van der Waals surface area contributed by atoms with E-state index >= 15 is 0 Å². The molecule has 5 nitrogen and oxygen atoms in total. The van der Waals surface area contributed by atoms with E-state index in [1.165, 1.54) is 21.2 Å². The van der Waals surface area contributed by atoms with Crippen LogP contribution in [0.15, 0.2) is 40.3 Å². The van der Waals surface area contributed by atoms with Gasteiger partial charge in [-0.1, -0.05) is 31.2 Å². The molecule has 4 rings (SSSR count). The molecular weight excluding hydrogens is 284 g/mol. The Hall–Kier alpha value is -1.92. The number of amidine groups is 1. The van der Waals surface area contributed by atoms with Crippen molar-refractivity contribution in [2.24, 2.45) is 5.10 Å². The number of hydroxylamine groups is 1. The van der Waals surface area contributed by atoms with Gasteiger partial charge in [-0.2, -0.15) is 0 Å². The van der Waals surface area contributed by atoms with Crippen molar-refractivity contribution in [1.29, 1.82) is 0 Å². The molecule has 6 heteroatoms. The number of thioether (sulfide) groups is 1. The molecule has 2 heterocycles. The maximum atomic E-state index is 5.17. The van der Waals surface area contributed by atoms with Crippen LogP contribution in [0, 0.1) is 0 Å². The first-order valence-corrected chi connectivity index (χ1v) is 7.78. The predicted molar refractivity (Wildman–Crippen MR) is 85.8 cm³/mol. The molecule has 1 N–H and O–H groups in total. The van der Waals surface area contributed by atoms with Crippen molar-refractivity contribution in [3.8, 4) is 0 Å². The van der Waals surface area contributed by atoms with Gasteiger partial charge >= 0.3 is 0 Å². The zero-order valence-electron chi connectivity index (χ0n) is 12.0. The van der Waals surface area contributed by atoms with Crippen LogP contribution < -0.4 is 5.43 Å². The van der Waals surface area contributed by atoms with Crippen molar-refractivity contribution in [3.63, 3.8) is 0 Å². The third-order valence-electron chi connectivity index (χ3n) is 3.80. The van der Waals surface area contributed by atoms with E-state index in [-0.39, 0.29) is 0 Å². The first-order valence-electron chi connectivity index (χ1n) is 6.96. The number of hydrogen-bond acceptors (Lipinski definition) is 6. The lowest BCUT2D eigenvalue weighted by Crippen LogP contribution is -2.36. The smallest absolute Gasteiger partial charge is 0.211 e. The van der Waals surface area contributed by atoms with Crippen molar-refractivity contribution in [2.75, 3.05) is 19.2 Å². The Balaban J connectivity index is 1.78. The van der Waals surface area contributed by atoms with Crippen LogP contribution in [0.2, 0.25) is 0 Å². The van der Waals surface area contributed by atoms with Crippen LogP contribution in [-0.2, 0) is 11.3 Å². The quantitative estimate of drug-likeness (QED) is 0.922. The summed E-state index contributed by atoms with van der Waals surface area (Å²) in [7, 11) is 1.63. The second-order valence-corrected chi connectivity index (χ2v) is 6.06. The van der Waals surface area contributed by atoms with E-state index in [4.69, 9.17) is 4.84 Å². The second-order valence-electron chi connectivity index (χ2n) is 5.05. The Bertz CT molecular complexity index is 746. The Labute approximate surface area is 127 Å². The fraction of sp³-hybridized carbons (Fsp3) is 0.267. The number of anilines is 1. The number of benzene rings is 2. The second kappa shape index (κ2) is 4.82. The molecule has 21 heavy (non-hydrogen) atoms. The van der Waals surface area contributed by atoms with Gasteiger partial charge in [0.2, 0.25) is 5.17 Å². The minimum atomic E-state index is 0.585. The number of nitrogens with one attached hydrogen (secondary N) is 1. The van der Waals surface area contributed by atoms with E-state index in [0.29, 0.717) is 6.67 Å². The zero-order chi connectivity index (χ0) is 14.4. The van der Waals surface area contributed by atoms with E-state index in [2.05, 4.69) is 47.8 Å². The first-order chi connectivity index (χ1) is 10.3. The molecule has 2 aromatic carbocycles. The SMILES string of the molecule is CCc1ccc2c3c(ccc2c1)SC1=NN(OC)CN1N3. The molecular formula is C15H16N4OS. The van der Waals surface area contributed by atoms with Crippen molar-refractivity contribution in [2.45, 2.75) is 18.2 Å². The van der Waals surface area contributed by atoms with Crippen molar-refractivity contribution in [3.05, 3.63) is 35.9 Å². The molecule has 0 radical (unpaired) electrons. The maximum absolute atomic E-state index is 5.17. The lowest BCUT2D eigenvalue weighted by Gasteiger charge is -2.28. The standard InChI is InChI=1S/C15H16N4OS/c1-3-10-4-6-12-11(8-10)5-7-13-14(12)16-18-9-19(20-2)17-15(18)21-13/h4-8,16H,3,9H2,1-2H3. The monoisotopic (exact) mass is 300 g/mol. The van der Waals surface area contributed by atoms with Crippen LogP contribution in [0.4, 0.5) is 5.69 Å². The summed E-state index contributed by atoms with van der Waals surface area (Å²) in [6, 6.07) is 11.0. The molecule has 0 aromatic heterocycles. The summed E-state index contributed by atoms with van der Waals surface area (Å²) in [5.74, 6) is 0. The highest BCUT2D eigenvalue weighted by atomic mass is 32.2. The van der Waals surface area contributed by atoms with Crippen molar-refractivity contribution < 1.29 is 4.84 Å². The Kier molecular flexibility index (Phi) is 2.94. The third-order valence-corrected chi connectivity index (χ3v) is 4.85. The number of rotatable bonds is 2. The van der Waals surface area contributed by atoms with Crippen LogP contribution in [0.1, 0.15) is 12.5 Å². The van der Waals surface area contributed by atoms with Crippen molar-refractivity contribution in [1.82, 2.24) is 10.2 Å². The summed E-state index contributed by atoms with van der Waals surface area (Å²) in [4.78, 5) is 6.36. The summed E-state index contributed by atoms with van der Waals surface area (Å²) in [5, 5.41) is 11.4. The van der Waals surface area contributed by atoms with Crippen LogP contribution in [0.25, 0.3) is 10.8 Å². The van der Waals surface area contributed by atoms with E-state index in [9.17, 15) is 0 Å². The number of hydrazone groups is 1. The van der Waals surface area contributed by atoms with Gasteiger partial charge in [0.1, 0.15) is 0 Å². The van der Waals surface area contributed by atoms with Gasteiger partial charge in [-0.05, 0) is 35.2 Å². The van der Waals surface area contributed by atoms with E-state index in [1.54, 1.807) is 24.0 Å². The summed E-state index contributed by atoms with van der Waals surface area (Å²) in [6.45, 7) is 2.77. The van der Waals surface area contributed by atoms with Gasteiger partial charge in [0.15, 0.2) is 6.67 Å². The number of nitrogens with zero attached hydrogens (tertiary/aromatic N) is 3. The zero-order valence-corrected chi connectivity index (χ0v) is 12.8. The number of fused-ring (bicyclic) bond motifs is 4. The highest BCUT2D eigenvalue weighted by Gasteiger charge is 2.30. The first kappa shape index (κ1) is 12.8. The molecule has 0 atom stereocenters. The average Bonchev–Trinajstić information content (AvgIpc) is 2.94. The minimum Gasteiger partial charge on any atom is -0.293 e. The summed E-state index contributed by atoms with van der Waals surface area (Å²) >= 11 is 1.66. The topological polar surface area (TPSA) is 40.1 Å². The van der Waals surface area contributed by atoms with Gasteiger partial charge in [-0.3, -0.25) is 10.3 Å². The molecule has 2 aliphatic rings. The molecule has 0 amide bonds. The number of hydrogen-bond donors (Lipinski definition) is 1. The maximum Gasteiger partial charge on any atom is 0.211 e. The van der Waals surface area contributed by atoms with Crippen molar-refractivity contribution >= 4 is 33.4 Å². The van der Waals surface area contributed by atoms with Gasteiger partial charge in [-0.25, -0.2) is 5.01 Å². The molecule has 2 aromatic rings. The molecule has 0 saturated heterocycles. The highest BCUT2D eigenvalue weighted by Crippen LogP contribution is 2.41. The molecule has 0 fully saturated rings. The highest BCUT2D eigenvalue weighted by molar-refractivity contribution is 8.14. The van der Waals surface area contributed by atoms with Gasteiger partial charge in [0.05, 0.1) is 12.8 Å². The third kappa shape index (κ3) is 2.02. The molecule has 2 aliphatic heterocycles. The van der Waals surface area contributed by atoms with Gasteiger partial charge in [0, 0.05) is 10.3 Å². The van der Waals surface area contributed by atoms with Crippen LogP contribution >= 0.6 is 11.8 Å². The minimum absolute atomic E-state index is 0.585. The van der Waals surface area contributed by atoms with Gasteiger partial charge in [-0.15, -0.1) is 10.3 Å². The van der Waals surface area contributed by atoms with Crippen LogP contribution in [0.5, 0.6) is 0 Å². The van der Waals surface area contributed by atoms with E-state index in [1.807, 2.05) is 5.01 Å². The fourth-order valence-electron chi connectivity index (χ4n) is 2.63. The van der Waals surface area contributed by atoms with Gasteiger partial charge in [0.25, 0.3) is 0 Å². The summed E-state index contributed by atoms with van der Waals surface area (Å²) in [5.41, 5.74) is 5.97. The van der Waals surface area contributed by atoms with Crippen LogP contribution in [0.3, 0.4) is 0 Å². The lowest BCUT2D eigenvalue weighted by atomic mass is 10.0. The van der Waals surface area contributed by atoms with Crippen LogP contribution in [-0.4, -0.2) is 29.1 Å². The number of hydrazine groups is 1. The molecule has 0 aliphatic carbocycles. The number of aryl methyl sites for hydroxylation is 1. The van der Waals surface area contributed by atoms with E-state index in [0.717, 1.165) is 17.3 Å². The van der Waals surface area contributed by atoms with E-state index < -0.39 is 0 Å². The molecule has 0 bridgehead atoms. The molecule has 108 valence electrons. The fourth-order valence-corrected chi connectivity index (χ4v) is 3.57. The normalized spacial score (nSPS) is 16.6. The Morgan fingerprint density at radius 2 is 2.24 bits per heavy atom. The Morgan fingerprint density at radius 3 is 3.05 bits per heavy atom. The predicted octanol–water partition coefficient (Wildman–Crippen LogP) is 3.24. The summed E-state index contributed by atoms with van der Waals surface area (Å²) < 4.78 is 0. The molecule has 0 spiro atoms. The Morgan fingerprint density at radius 1 is 1.33 bits per heavy atom. The average molecular weight is 300 g/mol. The van der Waals surface area contributed by atoms with Gasteiger partial charge < -0.3 is 0 Å². The largest absolute Gasteiger partial charge is 0.293 e. The lowest BCUT2D eigenvalue weighted by molar-refractivity contribution is -0.134.